The van der Waals surface area contributed by atoms with Gasteiger partial charge in [-0.1, -0.05) is 28.1 Å². The van der Waals surface area contributed by atoms with Crippen molar-refractivity contribution in [3.63, 3.8) is 0 Å². The van der Waals surface area contributed by atoms with Crippen molar-refractivity contribution in [1.82, 2.24) is 14.7 Å². The van der Waals surface area contributed by atoms with Crippen LogP contribution in [-0.4, -0.2) is 33.4 Å². The van der Waals surface area contributed by atoms with Crippen molar-refractivity contribution < 1.29 is 5.11 Å². The Morgan fingerprint density at radius 3 is 2.90 bits per heavy atom. The molecule has 1 aromatic heterocycles. The van der Waals surface area contributed by atoms with Crippen molar-refractivity contribution in [2.75, 3.05) is 13.6 Å². The molecule has 1 atom stereocenters. The van der Waals surface area contributed by atoms with Gasteiger partial charge in [0, 0.05) is 36.4 Å². The van der Waals surface area contributed by atoms with E-state index in [4.69, 9.17) is 0 Å². The van der Waals surface area contributed by atoms with E-state index in [2.05, 4.69) is 33.0 Å². The molecule has 0 bridgehead atoms. The first-order chi connectivity index (χ1) is 9.54. The Hall–Kier alpha value is -1.17. The molecule has 0 aliphatic rings. The fourth-order valence-electron chi connectivity index (χ4n) is 2.17. The van der Waals surface area contributed by atoms with Crippen molar-refractivity contribution in [3.8, 4) is 0 Å². The predicted octanol–water partition coefficient (Wildman–Crippen LogP) is 2.74. The molecule has 1 aromatic carbocycles. The summed E-state index contributed by atoms with van der Waals surface area (Å²) in [6, 6.07) is 7.83. The van der Waals surface area contributed by atoms with Gasteiger partial charge in [-0.3, -0.25) is 4.68 Å². The smallest absolute Gasteiger partial charge is 0.0802 e. The van der Waals surface area contributed by atoms with Gasteiger partial charge in [0.05, 0.1) is 12.3 Å². The maximum Gasteiger partial charge on any atom is 0.0802 e. The van der Waals surface area contributed by atoms with Crippen LogP contribution < -0.4 is 0 Å². The van der Waals surface area contributed by atoms with Crippen LogP contribution in [-0.2, 0) is 13.6 Å². The minimum atomic E-state index is -0.427. The van der Waals surface area contributed by atoms with E-state index in [0.717, 1.165) is 23.1 Å². The highest BCUT2D eigenvalue weighted by molar-refractivity contribution is 9.10. The Labute approximate surface area is 128 Å². The van der Waals surface area contributed by atoms with Crippen LogP contribution in [0.4, 0.5) is 0 Å². The second-order valence-electron chi connectivity index (χ2n) is 5.12. The zero-order valence-corrected chi connectivity index (χ0v) is 13.4. The van der Waals surface area contributed by atoms with Crippen LogP contribution in [0, 0.1) is 0 Å². The van der Waals surface area contributed by atoms with Crippen LogP contribution >= 0.6 is 15.9 Å². The molecule has 2 aromatic rings. The van der Waals surface area contributed by atoms with Gasteiger partial charge in [0.25, 0.3) is 0 Å². The summed E-state index contributed by atoms with van der Waals surface area (Å²) in [5.41, 5.74) is 2.14. The van der Waals surface area contributed by atoms with Crippen LogP contribution in [0.25, 0.3) is 0 Å². The van der Waals surface area contributed by atoms with Crippen LogP contribution in [0.2, 0.25) is 0 Å². The molecule has 108 valence electrons. The highest BCUT2D eigenvalue weighted by Crippen LogP contribution is 2.20. The fraction of sp³-hybridized carbons (Fsp3) is 0.400. The standard InChI is InChI=1S/C15H20BrN3O/c1-18(10-12-9-17-19(2)11-12)7-6-15(20)13-4-3-5-14(16)8-13/h3-5,8-9,11,15,20H,6-7,10H2,1-2H3. The number of benzene rings is 1. The molecule has 0 aliphatic carbocycles. The summed E-state index contributed by atoms with van der Waals surface area (Å²) in [5.74, 6) is 0. The second-order valence-corrected chi connectivity index (χ2v) is 6.04. The summed E-state index contributed by atoms with van der Waals surface area (Å²) in [6.45, 7) is 1.68. The quantitative estimate of drug-likeness (QED) is 0.881. The number of hydrogen-bond donors (Lipinski definition) is 1. The van der Waals surface area contributed by atoms with Crippen LogP contribution in [0.5, 0.6) is 0 Å². The van der Waals surface area contributed by atoms with E-state index in [1.165, 1.54) is 5.56 Å². The lowest BCUT2D eigenvalue weighted by Crippen LogP contribution is -2.20. The minimum Gasteiger partial charge on any atom is -0.388 e. The zero-order chi connectivity index (χ0) is 14.5. The molecule has 1 N–H and O–H groups in total. The first-order valence-electron chi connectivity index (χ1n) is 6.64. The molecule has 0 amide bonds. The number of rotatable bonds is 6. The SMILES string of the molecule is CN(CCC(O)c1cccc(Br)c1)Cc1cnn(C)c1. The van der Waals surface area contributed by atoms with Crippen LogP contribution in [0.1, 0.15) is 23.7 Å². The number of aliphatic hydroxyl groups is 1. The number of halogens is 1. The molecule has 4 nitrogen and oxygen atoms in total. The van der Waals surface area contributed by atoms with E-state index in [1.54, 1.807) is 4.68 Å². The number of aliphatic hydroxyl groups excluding tert-OH is 1. The second kappa shape index (κ2) is 7.02. The highest BCUT2D eigenvalue weighted by Gasteiger charge is 2.10. The third kappa shape index (κ3) is 4.44. The molecule has 0 fully saturated rings. The average Bonchev–Trinajstić information content (AvgIpc) is 2.81. The first-order valence-corrected chi connectivity index (χ1v) is 7.43. The lowest BCUT2D eigenvalue weighted by atomic mass is 10.1. The Morgan fingerprint density at radius 1 is 1.45 bits per heavy atom. The molecule has 5 heteroatoms. The summed E-state index contributed by atoms with van der Waals surface area (Å²) >= 11 is 3.43. The van der Waals surface area contributed by atoms with E-state index in [9.17, 15) is 5.11 Å². The van der Waals surface area contributed by atoms with Crippen molar-refractivity contribution >= 4 is 15.9 Å². The molecule has 0 saturated carbocycles. The Morgan fingerprint density at radius 2 is 2.25 bits per heavy atom. The van der Waals surface area contributed by atoms with Gasteiger partial charge >= 0.3 is 0 Å². The molecule has 0 spiro atoms. The normalized spacial score (nSPS) is 12.8. The molecule has 1 unspecified atom stereocenters. The third-order valence-corrected chi connectivity index (χ3v) is 3.72. The highest BCUT2D eigenvalue weighted by atomic mass is 79.9. The fourth-order valence-corrected chi connectivity index (χ4v) is 2.58. The predicted molar refractivity (Wildman–Crippen MR) is 83.3 cm³/mol. The maximum absolute atomic E-state index is 10.2. The molecule has 1 heterocycles. The molecule has 20 heavy (non-hydrogen) atoms. The van der Waals surface area contributed by atoms with Gasteiger partial charge in [0.2, 0.25) is 0 Å². The summed E-state index contributed by atoms with van der Waals surface area (Å²) in [7, 11) is 3.97. The number of aryl methyl sites for hydroxylation is 1. The molecule has 0 aliphatic heterocycles. The maximum atomic E-state index is 10.2. The summed E-state index contributed by atoms with van der Waals surface area (Å²) in [6.07, 6.45) is 4.18. The molecule has 0 radical (unpaired) electrons. The van der Waals surface area contributed by atoms with E-state index in [0.29, 0.717) is 6.42 Å². The van der Waals surface area contributed by atoms with E-state index in [-0.39, 0.29) is 0 Å². The largest absolute Gasteiger partial charge is 0.388 e. The molecule has 2 rings (SSSR count). The van der Waals surface area contributed by atoms with Gasteiger partial charge in [-0.05, 0) is 31.2 Å². The molecular formula is C15H20BrN3O. The van der Waals surface area contributed by atoms with Gasteiger partial charge < -0.3 is 10.0 Å². The molecule has 0 saturated heterocycles. The minimum absolute atomic E-state index is 0.427. The Bertz CT molecular complexity index is 556. The number of hydrogen-bond acceptors (Lipinski definition) is 3. The van der Waals surface area contributed by atoms with Gasteiger partial charge in [0.1, 0.15) is 0 Å². The van der Waals surface area contributed by atoms with Crippen LogP contribution in [0.15, 0.2) is 41.1 Å². The first kappa shape index (κ1) is 15.2. The van der Waals surface area contributed by atoms with Crippen molar-refractivity contribution in [2.45, 2.75) is 19.1 Å². The van der Waals surface area contributed by atoms with Gasteiger partial charge in [-0.25, -0.2) is 0 Å². The van der Waals surface area contributed by atoms with E-state index in [1.807, 2.05) is 43.7 Å². The van der Waals surface area contributed by atoms with Crippen molar-refractivity contribution in [3.05, 3.63) is 52.3 Å². The van der Waals surface area contributed by atoms with Gasteiger partial charge in [-0.2, -0.15) is 5.10 Å². The van der Waals surface area contributed by atoms with Crippen LogP contribution in [0.3, 0.4) is 0 Å². The van der Waals surface area contributed by atoms with E-state index >= 15 is 0 Å². The average molecular weight is 338 g/mol. The Balaban J connectivity index is 1.82. The van der Waals surface area contributed by atoms with Gasteiger partial charge in [0.15, 0.2) is 0 Å². The zero-order valence-electron chi connectivity index (χ0n) is 11.8. The topological polar surface area (TPSA) is 41.3 Å². The molecular weight excluding hydrogens is 318 g/mol. The summed E-state index contributed by atoms with van der Waals surface area (Å²) < 4.78 is 2.80. The van der Waals surface area contributed by atoms with Crippen molar-refractivity contribution in [1.29, 1.82) is 0 Å². The van der Waals surface area contributed by atoms with Crippen molar-refractivity contribution in [2.24, 2.45) is 7.05 Å². The lowest BCUT2D eigenvalue weighted by molar-refractivity contribution is 0.147. The van der Waals surface area contributed by atoms with E-state index < -0.39 is 6.10 Å². The van der Waals surface area contributed by atoms with Gasteiger partial charge in [-0.15, -0.1) is 0 Å². The number of aromatic nitrogens is 2. The number of nitrogens with zero attached hydrogens (tertiary/aromatic N) is 3. The lowest BCUT2D eigenvalue weighted by Gasteiger charge is -2.18. The third-order valence-electron chi connectivity index (χ3n) is 3.23. The summed E-state index contributed by atoms with van der Waals surface area (Å²) in [4.78, 5) is 2.19. The summed E-state index contributed by atoms with van der Waals surface area (Å²) in [5, 5.41) is 14.4. The Kier molecular flexibility index (Phi) is 5.34. The monoisotopic (exact) mass is 337 g/mol.